The summed E-state index contributed by atoms with van der Waals surface area (Å²) in [5, 5.41) is 14.9. The quantitative estimate of drug-likeness (QED) is 0.579. The van der Waals surface area contributed by atoms with Gasteiger partial charge in [-0.3, -0.25) is 4.79 Å². The van der Waals surface area contributed by atoms with Crippen LogP contribution in [0.25, 0.3) is 22.2 Å². The molecule has 2 aromatic heterocycles. The van der Waals surface area contributed by atoms with Crippen LogP contribution in [-0.4, -0.2) is 21.0 Å². The van der Waals surface area contributed by atoms with Crippen LogP contribution in [0.5, 0.6) is 5.75 Å². The summed E-state index contributed by atoms with van der Waals surface area (Å²) in [5.74, 6) is -0.0497. The zero-order valence-electron chi connectivity index (χ0n) is 13.0. The third-order valence-electron chi connectivity index (χ3n) is 3.80. The molecule has 0 aliphatic heterocycles. The van der Waals surface area contributed by atoms with Crippen molar-refractivity contribution < 1.29 is 9.90 Å². The molecule has 6 heteroatoms. The summed E-state index contributed by atoms with van der Waals surface area (Å²) in [5.41, 5.74) is 5.01. The van der Waals surface area contributed by atoms with Crippen molar-refractivity contribution in [1.82, 2.24) is 9.97 Å². The Labute approximate surface area is 147 Å². The summed E-state index contributed by atoms with van der Waals surface area (Å²) in [6.45, 7) is 0. The minimum Gasteiger partial charge on any atom is -0.508 e. The molecule has 2 aromatic carbocycles. The number of aromatic nitrogens is 2. The maximum Gasteiger partial charge on any atom is 0.275 e. The molecule has 25 heavy (non-hydrogen) atoms. The lowest BCUT2D eigenvalue weighted by Crippen LogP contribution is -2.12. The molecule has 122 valence electrons. The summed E-state index contributed by atoms with van der Waals surface area (Å²) in [7, 11) is 0. The Bertz CT molecular complexity index is 1040. The zero-order chi connectivity index (χ0) is 17.2. The molecular formula is C19H13N3O2S. The molecule has 2 heterocycles. The molecule has 0 spiro atoms. The van der Waals surface area contributed by atoms with E-state index >= 15 is 0 Å². The number of carbonyl (C=O) groups is 1. The number of aromatic hydroxyl groups is 1. The Morgan fingerprint density at radius 2 is 1.88 bits per heavy atom. The molecule has 0 unspecified atom stereocenters. The van der Waals surface area contributed by atoms with Gasteiger partial charge in [-0.25, -0.2) is 9.97 Å². The number of anilines is 1. The highest BCUT2D eigenvalue weighted by molar-refractivity contribution is 7.07. The number of phenols is 1. The molecule has 0 radical (unpaired) electrons. The zero-order valence-corrected chi connectivity index (χ0v) is 13.8. The summed E-state index contributed by atoms with van der Waals surface area (Å²) in [6.07, 6.45) is 0. The third kappa shape index (κ3) is 3.07. The van der Waals surface area contributed by atoms with Crippen LogP contribution in [0, 0.1) is 0 Å². The number of pyridine rings is 1. The molecule has 0 aliphatic carbocycles. The van der Waals surface area contributed by atoms with E-state index in [2.05, 4.69) is 10.3 Å². The molecule has 0 aliphatic rings. The number of thiazole rings is 1. The second-order valence-corrected chi connectivity index (χ2v) is 6.17. The Kier molecular flexibility index (Phi) is 3.87. The fourth-order valence-corrected chi connectivity index (χ4v) is 3.08. The molecule has 4 rings (SSSR count). The molecule has 2 N–H and O–H groups in total. The number of nitrogens with one attached hydrogen (secondary N) is 1. The van der Waals surface area contributed by atoms with Gasteiger partial charge in [0.25, 0.3) is 5.91 Å². The number of rotatable bonds is 3. The first-order valence-electron chi connectivity index (χ1n) is 7.59. The van der Waals surface area contributed by atoms with Crippen molar-refractivity contribution in [3.8, 4) is 17.0 Å². The number of hydrogen-bond acceptors (Lipinski definition) is 5. The lowest BCUT2D eigenvalue weighted by Gasteiger charge is -2.09. The van der Waals surface area contributed by atoms with E-state index < -0.39 is 0 Å². The van der Waals surface area contributed by atoms with Crippen molar-refractivity contribution in [2.24, 2.45) is 0 Å². The average molecular weight is 347 g/mol. The van der Waals surface area contributed by atoms with Crippen LogP contribution in [0.1, 0.15) is 10.5 Å². The van der Waals surface area contributed by atoms with Gasteiger partial charge >= 0.3 is 0 Å². The number of carbonyl (C=O) groups excluding carboxylic acids is 1. The standard InChI is InChI=1S/C19H13N3O2S/c23-14-7-4-12(5-8-14)15-9-6-13-2-1-3-16(18(13)21-15)22-19(24)17-10-25-11-20-17/h1-11,23H,(H,22,24). The smallest absolute Gasteiger partial charge is 0.275 e. The van der Waals surface area contributed by atoms with E-state index in [4.69, 9.17) is 4.98 Å². The Morgan fingerprint density at radius 1 is 1.04 bits per heavy atom. The minimum atomic E-state index is -0.259. The van der Waals surface area contributed by atoms with Crippen LogP contribution in [0.2, 0.25) is 0 Å². The Hall–Kier alpha value is -3.25. The molecule has 0 bridgehead atoms. The Balaban J connectivity index is 1.75. The van der Waals surface area contributed by atoms with Crippen LogP contribution in [0.15, 0.2) is 65.5 Å². The van der Waals surface area contributed by atoms with Crippen LogP contribution >= 0.6 is 11.3 Å². The summed E-state index contributed by atoms with van der Waals surface area (Å²) in [6, 6.07) is 16.4. The van der Waals surface area contributed by atoms with Crippen molar-refractivity contribution in [1.29, 1.82) is 0 Å². The molecular weight excluding hydrogens is 334 g/mol. The fourth-order valence-electron chi connectivity index (χ4n) is 2.55. The van der Waals surface area contributed by atoms with Crippen LogP contribution in [0.4, 0.5) is 5.69 Å². The van der Waals surface area contributed by atoms with Crippen LogP contribution in [0.3, 0.4) is 0 Å². The van der Waals surface area contributed by atoms with Gasteiger partial charge in [0.05, 0.1) is 22.4 Å². The van der Waals surface area contributed by atoms with Gasteiger partial charge in [-0.1, -0.05) is 18.2 Å². The minimum absolute atomic E-state index is 0.209. The van der Waals surface area contributed by atoms with Crippen molar-refractivity contribution in [2.75, 3.05) is 5.32 Å². The second kappa shape index (κ2) is 6.33. The van der Waals surface area contributed by atoms with Crippen LogP contribution < -0.4 is 5.32 Å². The monoisotopic (exact) mass is 347 g/mol. The van der Waals surface area contributed by atoms with Gasteiger partial charge in [0, 0.05) is 16.3 Å². The highest BCUT2D eigenvalue weighted by Crippen LogP contribution is 2.27. The van der Waals surface area contributed by atoms with E-state index in [9.17, 15) is 9.90 Å². The topological polar surface area (TPSA) is 75.1 Å². The van der Waals surface area contributed by atoms with Gasteiger partial charge in [-0.05, 0) is 36.4 Å². The van der Waals surface area contributed by atoms with Gasteiger partial charge in [-0.2, -0.15) is 0 Å². The first kappa shape index (κ1) is 15.3. The molecule has 5 nitrogen and oxygen atoms in total. The summed E-state index contributed by atoms with van der Waals surface area (Å²) >= 11 is 1.37. The van der Waals surface area contributed by atoms with E-state index in [1.807, 2.05) is 30.3 Å². The normalized spacial score (nSPS) is 10.7. The molecule has 0 saturated carbocycles. The molecule has 0 atom stereocenters. The number of phenolic OH excluding ortho intramolecular Hbond substituents is 1. The molecule has 0 saturated heterocycles. The van der Waals surface area contributed by atoms with Crippen molar-refractivity contribution in [2.45, 2.75) is 0 Å². The number of para-hydroxylation sites is 1. The van der Waals surface area contributed by atoms with E-state index in [-0.39, 0.29) is 11.7 Å². The summed E-state index contributed by atoms with van der Waals surface area (Å²) < 4.78 is 0. The van der Waals surface area contributed by atoms with Crippen molar-refractivity contribution in [3.63, 3.8) is 0 Å². The van der Waals surface area contributed by atoms with Crippen molar-refractivity contribution in [3.05, 3.63) is 71.2 Å². The van der Waals surface area contributed by atoms with E-state index in [0.29, 0.717) is 16.9 Å². The van der Waals surface area contributed by atoms with Crippen molar-refractivity contribution >= 4 is 33.8 Å². The number of amides is 1. The SMILES string of the molecule is O=C(Nc1cccc2ccc(-c3ccc(O)cc3)nc12)c1cscn1. The number of fused-ring (bicyclic) bond motifs is 1. The van der Waals surface area contributed by atoms with E-state index in [0.717, 1.165) is 16.6 Å². The predicted octanol–water partition coefficient (Wildman–Crippen LogP) is 4.32. The summed E-state index contributed by atoms with van der Waals surface area (Å²) in [4.78, 5) is 21.0. The predicted molar refractivity (Wildman–Crippen MR) is 98.9 cm³/mol. The molecule has 4 aromatic rings. The van der Waals surface area contributed by atoms with Gasteiger partial charge in [0.15, 0.2) is 0 Å². The van der Waals surface area contributed by atoms with Gasteiger partial charge in [-0.15, -0.1) is 11.3 Å². The maximum absolute atomic E-state index is 12.3. The fraction of sp³-hybridized carbons (Fsp3) is 0. The lowest BCUT2D eigenvalue weighted by atomic mass is 10.1. The van der Waals surface area contributed by atoms with Crippen LogP contribution in [-0.2, 0) is 0 Å². The number of hydrogen-bond donors (Lipinski definition) is 2. The maximum atomic E-state index is 12.3. The average Bonchev–Trinajstić information content (AvgIpc) is 3.17. The lowest BCUT2D eigenvalue weighted by molar-refractivity contribution is 0.102. The van der Waals surface area contributed by atoms with Gasteiger partial charge in [0.2, 0.25) is 0 Å². The number of benzene rings is 2. The Morgan fingerprint density at radius 3 is 2.64 bits per heavy atom. The largest absolute Gasteiger partial charge is 0.508 e. The van der Waals surface area contributed by atoms with Gasteiger partial charge in [0.1, 0.15) is 11.4 Å². The highest BCUT2D eigenvalue weighted by Gasteiger charge is 2.11. The van der Waals surface area contributed by atoms with Gasteiger partial charge < -0.3 is 10.4 Å². The highest BCUT2D eigenvalue weighted by atomic mass is 32.1. The van der Waals surface area contributed by atoms with E-state index in [1.54, 1.807) is 35.2 Å². The molecule has 0 fully saturated rings. The third-order valence-corrected chi connectivity index (χ3v) is 4.38. The number of nitrogens with zero attached hydrogens (tertiary/aromatic N) is 2. The first-order chi connectivity index (χ1) is 12.2. The first-order valence-corrected chi connectivity index (χ1v) is 8.54. The van der Waals surface area contributed by atoms with E-state index in [1.165, 1.54) is 11.3 Å². The second-order valence-electron chi connectivity index (χ2n) is 5.45. The molecule has 1 amide bonds.